The summed E-state index contributed by atoms with van der Waals surface area (Å²) in [5, 5.41) is 15.3. The number of nitrogens with zero attached hydrogens (tertiary/aromatic N) is 3. The van der Waals surface area contributed by atoms with Crippen molar-refractivity contribution in [3.8, 4) is 17.3 Å². The van der Waals surface area contributed by atoms with Gasteiger partial charge in [0.25, 0.3) is 0 Å². The van der Waals surface area contributed by atoms with Gasteiger partial charge < -0.3 is 4.42 Å². The number of fused-ring (bicyclic) bond motifs is 1. The number of aryl methyl sites for hydroxylation is 1. The minimum absolute atomic E-state index is 0.319. The number of rotatable bonds is 1. The number of nitrogens with one attached hydrogen (secondary N) is 1. The lowest BCUT2D eigenvalue weighted by Crippen LogP contribution is -2.08. The Balaban J connectivity index is 2.19. The number of nitriles is 1. The van der Waals surface area contributed by atoms with Crippen LogP contribution in [0.25, 0.3) is 22.4 Å². The Morgan fingerprint density at radius 2 is 2.28 bits per heavy atom. The van der Waals surface area contributed by atoms with E-state index in [2.05, 4.69) is 10.2 Å². The molecule has 6 nitrogen and oxygen atoms in total. The van der Waals surface area contributed by atoms with Crippen molar-refractivity contribution in [2.45, 2.75) is 0 Å². The Morgan fingerprint density at radius 3 is 3.00 bits per heavy atom. The molecule has 2 heterocycles. The average molecular weight is 240 g/mol. The molecule has 0 bridgehead atoms. The number of aromatic nitrogens is 3. The molecule has 0 aliphatic heterocycles. The van der Waals surface area contributed by atoms with Crippen LogP contribution >= 0.6 is 0 Å². The fourth-order valence-electron chi connectivity index (χ4n) is 1.83. The van der Waals surface area contributed by atoms with E-state index < -0.39 is 5.76 Å². The summed E-state index contributed by atoms with van der Waals surface area (Å²) in [4.78, 5) is 11.4. The highest BCUT2D eigenvalue weighted by atomic mass is 16.4. The first kappa shape index (κ1) is 10.4. The van der Waals surface area contributed by atoms with Crippen LogP contribution in [-0.4, -0.2) is 14.8 Å². The van der Waals surface area contributed by atoms with E-state index in [0.29, 0.717) is 17.0 Å². The summed E-state index contributed by atoms with van der Waals surface area (Å²) in [5.74, 6) is -0.399. The number of hydrogen-bond acceptors (Lipinski definition) is 4. The predicted molar refractivity (Wildman–Crippen MR) is 63.8 cm³/mol. The summed E-state index contributed by atoms with van der Waals surface area (Å²) in [6.07, 6.45) is 0. The van der Waals surface area contributed by atoms with Gasteiger partial charge in [0.1, 0.15) is 6.07 Å². The van der Waals surface area contributed by atoms with Gasteiger partial charge in [-0.2, -0.15) is 10.4 Å². The van der Waals surface area contributed by atoms with E-state index in [4.69, 9.17) is 9.68 Å². The third-order valence-electron chi connectivity index (χ3n) is 2.80. The molecular formula is C12H8N4O2. The maximum Gasteiger partial charge on any atom is 0.419 e. The Labute approximate surface area is 101 Å². The molecule has 0 saturated heterocycles. The molecule has 6 heteroatoms. The fraction of sp³-hybridized carbons (Fsp3) is 0.0833. The van der Waals surface area contributed by atoms with E-state index in [0.717, 1.165) is 11.1 Å². The normalized spacial score (nSPS) is 10.7. The average Bonchev–Trinajstić information content (AvgIpc) is 2.95. The van der Waals surface area contributed by atoms with Crippen LogP contribution < -0.4 is 5.76 Å². The zero-order chi connectivity index (χ0) is 12.7. The molecule has 0 atom stereocenters. The number of benzene rings is 1. The lowest BCUT2D eigenvalue weighted by atomic mass is 10.1. The maximum atomic E-state index is 11.4. The molecule has 0 amide bonds. The van der Waals surface area contributed by atoms with E-state index in [1.165, 1.54) is 4.57 Å². The minimum atomic E-state index is -0.399. The Hall–Kier alpha value is -2.81. The lowest BCUT2D eigenvalue weighted by molar-refractivity contribution is 0.528. The van der Waals surface area contributed by atoms with Gasteiger partial charge in [0.05, 0.1) is 11.2 Å². The standard InChI is InChI=1S/C12H8N4O2/c1-16-10-3-2-7(4-11(10)18-12(16)17)9-5-8(6-13)14-15-9/h2-5H,1H3,(H,14,15). The maximum absolute atomic E-state index is 11.4. The Kier molecular flexibility index (Phi) is 2.07. The van der Waals surface area contributed by atoms with Gasteiger partial charge in [-0.3, -0.25) is 9.67 Å². The number of aromatic amines is 1. The van der Waals surface area contributed by atoms with Crippen molar-refractivity contribution in [1.29, 1.82) is 5.26 Å². The number of oxazole rings is 1. The molecule has 0 aliphatic rings. The van der Waals surface area contributed by atoms with Gasteiger partial charge in [-0.15, -0.1) is 0 Å². The highest BCUT2D eigenvalue weighted by molar-refractivity contribution is 5.79. The molecule has 88 valence electrons. The van der Waals surface area contributed by atoms with Gasteiger partial charge in [-0.25, -0.2) is 4.79 Å². The van der Waals surface area contributed by atoms with E-state index >= 15 is 0 Å². The van der Waals surface area contributed by atoms with Crippen molar-refractivity contribution in [2.75, 3.05) is 0 Å². The monoisotopic (exact) mass is 240 g/mol. The smallest absolute Gasteiger partial charge is 0.408 e. The lowest BCUT2D eigenvalue weighted by Gasteiger charge is -1.96. The summed E-state index contributed by atoms with van der Waals surface area (Å²) >= 11 is 0. The van der Waals surface area contributed by atoms with Crippen LogP contribution in [0.4, 0.5) is 0 Å². The van der Waals surface area contributed by atoms with Crippen molar-refractivity contribution in [2.24, 2.45) is 7.05 Å². The van der Waals surface area contributed by atoms with Gasteiger partial charge >= 0.3 is 5.76 Å². The molecule has 1 aromatic carbocycles. The second-order valence-corrected chi connectivity index (χ2v) is 3.89. The molecule has 0 aliphatic carbocycles. The van der Waals surface area contributed by atoms with Crippen molar-refractivity contribution in [3.05, 3.63) is 40.5 Å². The van der Waals surface area contributed by atoms with Crippen molar-refractivity contribution in [3.63, 3.8) is 0 Å². The summed E-state index contributed by atoms with van der Waals surface area (Å²) in [5.41, 5.74) is 3.07. The quantitative estimate of drug-likeness (QED) is 0.696. The second kappa shape index (κ2) is 3.60. The van der Waals surface area contributed by atoms with Gasteiger partial charge in [0.15, 0.2) is 11.3 Å². The molecule has 3 rings (SSSR count). The van der Waals surface area contributed by atoms with E-state index in [1.807, 2.05) is 12.1 Å². The van der Waals surface area contributed by atoms with Crippen LogP contribution in [0.2, 0.25) is 0 Å². The van der Waals surface area contributed by atoms with E-state index in [1.54, 1.807) is 25.2 Å². The molecule has 2 aromatic heterocycles. The molecule has 0 unspecified atom stereocenters. The van der Waals surface area contributed by atoms with Crippen LogP contribution in [0.15, 0.2) is 33.5 Å². The molecule has 18 heavy (non-hydrogen) atoms. The summed E-state index contributed by atoms with van der Waals surface area (Å²) < 4.78 is 6.54. The first-order valence-corrected chi connectivity index (χ1v) is 5.24. The van der Waals surface area contributed by atoms with Gasteiger partial charge in [0, 0.05) is 18.7 Å². The third kappa shape index (κ3) is 1.42. The minimum Gasteiger partial charge on any atom is -0.408 e. The molecule has 3 aromatic rings. The van der Waals surface area contributed by atoms with Crippen LogP contribution in [0.1, 0.15) is 5.69 Å². The number of hydrogen-bond donors (Lipinski definition) is 1. The molecular weight excluding hydrogens is 232 g/mol. The van der Waals surface area contributed by atoms with Crippen LogP contribution in [0.3, 0.4) is 0 Å². The molecule has 0 spiro atoms. The van der Waals surface area contributed by atoms with E-state index in [9.17, 15) is 4.79 Å². The largest absolute Gasteiger partial charge is 0.419 e. The molecule has 0 fully saturated rings. The highest BCUT2D eigenvalue weighted by Gasteiger charge is 2.09. The zero-order valence-corrected chi connectivity index (χ0v) is 9.47. The fourth-order valence-corrected chi connectivity index (χ4v) is 1.83. The molecule has 0 radical (unpaired) electrons. The van der Waals surface area contributed by atoms with Crippen molar-refractivity contribution < 1.29 is 4.42 Å². The van der Waals surface area contributed by atoms with E-state index in [-0.39, 0.29) is 0 Å². The molecule has 0 saturated carbocycles. The first-order chi connectivity index (χ1) is 8.69. The zero-order valence-electron chi connectivity index (χ0n) is 9.47. The SMILES string of the molecule is Cn1c(=O)oc2cc(-c3cc(C#N)n[nH]3)ccc21. The van der Waals surface area contributed by atoms with Crippen LogP contribution in [-0.2, 0) is 7.05 Å². The summed E-state index contributed by atoms with van der Waals surface area (Å²) in [6.45, 7) is 0. The van der Waals surface area contributed by atoms with Gasteiger partial charge in [0.2, 0.25) is 0 Å². The second-order valence-electron chi connectivity index (χ2n) is 3.89. The predicted octanol–water partition coefficient (Wildman–Crippen LogP) is 1.39. The first-order valence-electron chi connectivity index (χ1n) is 5.24. The van der Waals surface area contributed by atoms with Gasteiger partial charge in [-0.05, 0) is 12.1 Å². The van der Waals surface area contributed by atoms with Crippen LogP contribution in [0, 0.1) is 11.3 Å². The Morgan fingerprint density at radius 1 is 1.44 bits per heavy atom. The topological polar surface area (TPSA) is 87.6 Å². The van der Waals surface area contributed by atoms with Gasteiger partial charge in [-0.1, -0.05) is 6.07 Å². The summed E-state index contributed by atoms with van der Waals surface area (Å²) in [6, 6.07) is 8.96. The highest BCUT2D eigenvalue weighted by Crippen LogP contribution is 2.22. The third-order valence-corrected chi connectivity index (χ3v) is 2.80. The Bertz CT molecular complexity index is 832. The van der Waals surface area contributed by atoms with Crippen molar-refractivity contribution >= 4 is 11.1 Å². The number of H-pyrrole nitrogens is 1. The molecule has 1 N–H and O–H groups in total. The summed E-state index contributed by atoms with van der Waals surface area (Å²) in [7, 11) is 1.65. The van der Waals surface area contributed by atoms with Crippen molar-refractivity contribution in [1.82, 2.24) is 14.8 Å². The van der Waals surface area contributed by atoms with Crippen LogP contribution in [0.5, 0.6) is 0 Å².